The largest absolute Gasteiger partial charge is 0.396 e. The Morgan fingerprint density at radius 1 is 1.25 bits per heavy atom. The molecule has 0 saturated heterocycles. The number of rotatable bonds is 2. The third kappa shape index (κ3) is 2.61. The van der Waals surface area contributed by atoms with Gasteiger partial charge in [-0.05, 0) is 25.0 Å². The molecule has 3 nitrogen and oxygen atoms in total. The predicted molar refractivity (Wildman–Crippen MR) is 66.5 cm³/mol. The third-order valence-corrected chi connectivity index (χ3v) is 4.90. The molecule has 1 aliphatic rings. The molecule has 1 heterocycles. The van der Waals surface area contributed by atoms with Crippen LogP contribution in [0.25, 0.3) is 0 Å². The highest BCUT2D eigenvalue weighted by molar-refractivity contribution is 7.85. The Kier molecular flexibility index (Phi) is 3.93. The standard InChI is InChI=1S/C12H18N2OS/c13-11-8-5-9-14-12(11)16(15)10-6-3-1-2-4-7-10/h5,8-10H,1-4,6-7,13H2. The lowest BCUT2D eigenvalue weighted by molar-refractivity contribution is 0.639. The van der Waals surface area contributed by atoms with Crippen LogP contribution in [0.4, 0.5) is 5.69 Å². The fraction of sp³-hybridized carbons (Fsp3) is 0.583. The average molecular weight is 238 g/mol. The van der Waals surface area contributed by atoms with Crippen molar-refractivity contribution in [3.05, 3.63) is 18.3 Å². The maximum atomic E-state index is 12.3. The van der Waals surface area contributed by atoms with Gasteiger partial charge in [-0.25, -0.2) is 4.98 Å². The van der Waals surface area contributed by atoms with Gasteiger partial charge in [-0.1, -0.05) is 25.7 Å². The number of aromatic nitrogens is 1. The lowest BCUT2D eigenvalue weighted by Crippen LogP contribution is -2.16. The molecular weight excluding hydrogens is 220 g/mol. The first-order valence-electron chi connectivity index (χ1n) is 5.90. The Morgan fingerprint density at radius 2 is 1.94 bits per heavy atom. The fourth-order valence-electron chi connectivity index (χ4n) is 2.19. The molecular formula is C12H18N2OS. The van der Waals surface area contributed by atoms with E-state index in [-0.39, 0.29) is 5.25 Å². The van der Waals surface area contributed by atoms with Crippen LogP contribution < -0.4 is 5.73 Å². The second-order valence-corrected chi connectivity index (χ2v) is 5.96. The topological polar surface area (TPSA) is 56.0 Å². The molecule has 1 saturated carbocycles. The Labute approximate surface area is 98.9 Å². The molecule has 0 bridgehead atoms. The molecule has 0 aromatic carbocycles. The number of nitrogens with two attached hydrogens (primary N) is 1. The summed E-state index contributed by atoms with van der Waals surface area (Å²) in [5.74, 6) is 0. The van der Waals surface area contributed by atoms with Crippen LogP contribution in [0.5, 0.6) is 0 Å². The molecule has 1 aromatic heterocycles. The van der Waals surface area contributed by atoms with Crippen molar-refractivity contribution in [2.75, 3.05) is 5.73 Å². The monoisotopic (exact) mass is 238 g/mol. The number of hydrogen-bond acceptors (Lipinski definition) is 3. The Balaban J connectivity index is 2.14. The molecule has 1 aromatic rings. The molecule has 1 atom stereocenters. The summed E-state index contributed by atoms with van der Waals surface area (Å²) in [5, 5.41) is 0.828. The van der Waals surface area contributed by atoms with Crippen molar-refractivity contribution < 1.29 is 4.21 Å². The van der Waals surface area contributed by atoms with Crippen molar-refractivity contribution in [1.82, 2.24) is 4.98 Å². The van der Waals surface area contributed by atoms with Crippen molar-refractivity contribution in [1.29, 1.82) is 0 Å². The SMILES string of the molecule is Nc1cccnc1S(=O)C1CCCCCC1. The van der Waals surface area contributed by atoms with Gasteiger partial charge in [0, 0.05) is 11.4 Å². The summed E-state index contributed by atoms with van der Waals surface area (Å²) in [5.41, 5.74) is 6.37. The van der Waals surface area contributed by atoms with Gasteiger partial charge in [-0.15, -0.1) is 0 Å². The molecule has 1 unspecified atom stereocenters. The van der Waals surface area contributed by atoms with E-state index >= 15 is 0 Å². The normalized spacial score (nSPS) is 20.2. The highest BCUT2D eigenvalue weighted by Crippen LogP contribution is 2.26. The van der Waals surface area contributed by atoms with Gasteiger partial charge in [-0.3, -0.25) is 4.21 Å². The molecule has 0 radical (unpaired) electrons. The first kappa shape index (κ1) is 11.6. The molecule has 1 fully saturated rings. The van der Waals surface area contributed by atoms with Crippen LogP contribution in [-0.4, -0.2) is 14.4 Å². The first-order chi connectivity index (χ1) is 7.79. The second kappa shape index (κ2) is 5.43. The molecule has 16 heavy (non-hydrogen) atoms. The van der Waals surface area contributed by atoms with Crippen LogP contribution in [0.1, 0.15) is 38.5 Å². The highest BCUT2D eigenvalue weighted by atomic mass is 32.2. The summed E-state index contributed by atoms with van der Waals surface area (Å²) in [4.78, 5) is 4.16. The highest BCUT2D eigenvalue weighted by Gasteiger charge is 2.22. The van der Waals surface area contributed by atoms with Crippen LogP contribution >= 0.6 is 0 Å². The van der Waals surface area contributed by atoms with Crippen LogP contribution in [-0.2, 0) is 10.8 Å². The van der Waals surface area contributed by atoms with Crippen molar-refractivity contribution >= 4 is 16.5 Å². The molecule has 0 amide bonds. The van der Waals surface area contributed by atoms with Crippen molar-refractivity contribution in [3.63, 3.8) is 0 Å². The van der Waals surface area contributed by atoms with Crippen LogP contribution in [0.2, 0.25) is 0 Å². The molecule has 1 aliphatic carbocycles. The summed E-state index contributed by atoms with van der Waals surface area (Å²) < 4.78 is 12.3. The minimum atomic E-state index is -1.03. The second-order valence-electron chi connectivity index (χ2n) is 4.31. The summed E-state index contributed by atoms with van der Waals surface area (Å²) in [6.45, 7) is 0. The smallest absolute Gasteiger partial charge is 0.150 e. The van der Waals surface area contributed by atoms with Gasteiger partial charge in [0.2, 0.25) is 0 Å². The van der Waals surface area contributed by atoms with Crippen LogP contribution in [0.3, 0.4) is 0 Å². The number of pyridine rings is 1. The maximum Gasteiger partial charge on any atom is 0.150 e. The number of anilines is 1. The van der Waals surface area contributed by atoms with Crippen molar-refractivity contribution in [3.8, 4) is 0 Å². The molecule has 2 rings (SSSR count). The average Bonchev–Trinajstić information content (AvgIpc) is 2.57. The van der Waals surface area contributed by atoms with Crippen molar-refractivity contribution in [2.45, 2.75) is 48.8 Å². The summed E-state index contributed by atoms with van der Waals surface area (Å²) >= 11 is 0. The Hall–Kier alpha value is -0.900. The molecule has 88 valence electrons. The van der Waals surface area contributed by atoms with E-state index in [9.17, 15) is 4.21 Å². The number of nitrogen functional groups attached to an aromatic ring is 1. The molecule has 2 N–H and O–H groups in total. The van der Waals surface area contributed by atoms with Gasteiger partial charge in [-0.2, -0.15) is 0 Å². The van der Waals surface area contributed by atoms with E-state index in [1.54, 1.807) is 18.3 Å². The van der Waals surface area contributed by atoms with Crippen LogP contribution in [0.15, 0.2) is 23.4 Å². The van der Waals surface area contributed by atoms with Gasteiger partial charge in [0.05, 0.1) is 16.5 Å². The van der Waals surface area contributed by atoms with E-state index in [0.29, 0.717) is 10.7 Å². The number of nitrogens with zero attached hydrogens (tertiary/aromatic N) is 1. The van der Waals surface area contributed by atoms with Crippen molar-refractivity contribution in [2.24, 2.45) is 0 Å². The summed E-state index contributed by atoms with van der Waals surface area (Å²) in [6.07, 6.45) is 8.66. The minimum Gasteiger partial charge on any atom is -0.396 e. The molecule has 4 heteroatoms. The third-order valence-electron chi connectivity index (χ3n) is 3.10. The van der Waals surface area contributed by atoms with Crippen LogP contribution in [0, 0.1) is 0 Å². The quantitative estimate of drug-likeness (QED) is 0.805. The summed E-state index contributed by atoms with van der Waals surface area (Å²) in [6, 6.07) is 3.56. The van der Waals surface area contributed by atoms with E-state index < -0.39 is 10.8 Å². The Bertz CT molecular complexity index is 373. The number of hydrogen-bond donors (Lipinski definition) is 1. The zero-order valence-electron chi connectivity index (χ0n) is 9.39. The lowest BCUT2D eigenvalue weighted by Gasteiger charge is -2.13. The minimum absolute atomic E-state index is 0.250. The van der Waals surface area contributed by atoms with Gasteiger partial charge >= 0.3 is 0 Å². The van der Waals surface area contributed by atoms with Gasteiger partial charge in [0.15, 0.2) is 0 Å². The van der Waals surface area contributed by atoms with E-state index in [4.69, 9.17) is 5.73 Å². The van der Waals surface area contributed by atoms with E-state index in [0.717, 1.165) is 12.8 Å². The van der Waals surface area contributed by atoms with Gasteiger partial charge in [0.25, 0.3) is 0 Å². The molecule has 0 spiro atoms. The van der Waals surface area contributed by atoms with Gasteiger partial charge in [0.1, 0.15) is 5.03 Å². The van der Waals surface area contributed by atoms with E-state index in [2.05, 4.69) is 4.98 Å². The van der Waals surface area contributed by atoms with Gasteiger partial charge < -0.3 is 5.73 Å². The fourth-order valence-corrected chi connectivity index (χ4v) is 3.73. The van der Waals surface area contributed by atoms with E-state index in [1.807, 2.05) is 0 Å². The first-order valence-corrected chi connectivity index (χ1v) is 7.11. The zero-order valence-corrected chi connectivity index (χ0v) is 10.2. The van der Waals surface area contributed by atoms with E-state index in [1.165, 1.54) is 25.7 Å². The predicted octanol–water partition coefficient (Wildman–Crippen LogP) is 2.49. The summed E-state index contributed by atoms with van der Waals surface area (Å²) in [7, 11) is -1.03. The maximum absolute atomic E-state index is 12.3. The molecule has 0 aliphatic heterocycles. The lowest BCUT2D eigenvalue weighted by atomic mass is 10.2. The zero-order chi connectivity index (χ0) is 11.4. The Morgan fingerprint density at radius 3 is 2.56 bits per heavy atom.